The molecule has 0 saturated carbocycles. The van der Waals surface area contributed by atoms with Crippen molar-refractivity contribution in [1.82, 2.24) is 5.32 Å². The Morgan fingerprint density at radius 3 is 2.61 bits per heavy atom. The van der Waals surface area contributed by atoms with Crippen molar-refractivity contribution >= 4 is 33.2 Å². The van der Waals surface area contributed by atoms with E-state index in [0.29, 0.717) is 12.1 Å². The fraction of sp³-hybridized carbons (Fsp3) is 0.154. The molecule has 0 atom stereocenters. The van der Waals surface area contributed by atoms with Gasteiger partial charge in [0.15, 0.2) is 0 Å². The Balaban J connectivity index is 1.84. The summed E-state index contributed by atoms with van der Waals surface area (Å²) in [7, 11) is 0. The molecule has 0 unspecified atom stereocenters. The van der Waals surface area contributed by atoms with Crippen LogP contribution >= 0.6 is 27.3 Å². The normalized spacial score (nSPS) is 10.5. The molecule has 18 heavy (non-hydrogen) atoms. The molecule has 0 bridgehead atoms. The predicted molar refractivity (Wildman–Crippen MR) is 76.0 cm³/mol. The molecule has 5 heteroatoms. The third-order valence-corrected chi connectivity index (χ3v) is 3.91. The summed E-state index contributed by atoms with van der Waals surface area (Å²) in [4.78, 5) is 11.8. The highest BCUT2D eigenvalue weighted by Crippen LogP contribution is 2.15. The van der Waals surface area contributed by atoms with E-state index in [1.54, 1.807) is 11.4 Å². The van der Waals surface area contributed by atoms with Gasteiger partial charge in [-0.05, 0) is 23.8 Å². The molecule has 2 N–H and O–H groups in total. The van der Waals surface area contributed by atoms with Gasteiger partial charge in [-0.3, -0.25) is 0 Å². The van der Waals surface area contributed by atoms with E-state index in [2.05, 4.69) is 21.2 Å². The molecule has 0 fully saturated rings. The first-order chi connectivity index (χ1) is 8.65. The fourth-order valence-corrected chi connectivity index (χ4v) is 2.61. The van der Waals surface area contributed by atoms with Crippen LogP contribution in [-0.2, 0) is 13.1 Å². The summed E-state index contributed by atoms with van der Waals surface area (Å²) in [5.74, 6) is -0.870. The molecule has 0 radical (unpaired) electrons. The van der Waals surface area contributed by atoms with Crippen molar-refractivity contribution in [3.05, 3.63) is 56.2 Å². The van der Waals surface area contributed by atoms with Gasteiger partial charge in [0.2, 0.25) is 0 Å². The van der Waals surface area contributed by atoms with Crippen molar-refractivity contribution in [2.75, 3.05) is 0 Å². The Morgan fingerprint density at radius 2 is 2.00 bits per heavy atom. The van der Waals surface area contributed by atoms with E-state index in [0.717, 1.165) is 15.9 Å². The van der Waals surface area contributed by atoms with Crippen molar-refractivity contribution in [2.24, 2.45) is 0 Å². The van der Waals surface area contributed by atoms with Crippen LogP contribution in [0.1, 0.15) is 20.8 Å². The van der Waals surface area contributed by atoms with Gasteiger partial charge in [0, 0.05) is 27.8 Å². The summed E-state index contributed by atoms with van der Waals surface area (Å²) < 4.78 is 1.07. The van der Waals surface area contributed by atoms with Crippen LogP contribution in [0, 0.1) is 0 Å². The zero-order valence-corrected chi connectivity index (χ0v) is 11.9. The number of aromatic carboxylic acids is 1. The zero-order valence-electron chi connectivity index (χ0n) is 9.52. The van der Waals surface area contributed by atoms with Gasteiger partial charge in [-0.15, -0.1) is 11.3 Å². The fourth-order valence-electron chi connectivity index (χ4n) is 1.52. The number of hydrogen-bond acceptors (Lipinski definition) is 3. The molecular formula is C13H12BrNO2S. The lowest BCUT2D eigenvalue weighted by molar-refractivity contribution is 0.0697. The second-order valence-electron chi connectivity index (χ2n) is 3.84. The van der Waals surface area contributed by atoms with Crippen molar-refractivity contribution in [2.45, 2.75) is 13.1 Å². The predicted octanol–water partition coefficient (Wildman–Crippen LogP) is 3.50. The van der Waals surface area contributed by atoms with Crippen molar-refractivity contribution < 1.29 is 9.90 Å². The Kier molecular flexibility index (Phi) is 4.52. The average molecular weight is 326 g/mol. The summed E-state index contributed by atoms with van der Waals surface area (Å²) in [5.41, 5.74) is 1.56. The smallest absolute Gasteiger partial charge is 0.336 e. The average Bonchev–Trinajstić information content (AvgIpc) is 2.81. The van der Waals surface area contributed by atoms with Crippen LogP contribution in [0.3, 0.4) is 0 Å². The lowest BCUT2D eigenvalue weighted by Gasteiger charge is -2.03. The quantitative estimate of drug-likeness (QED) is 0.884. The van der Waals surface area contributed by atoms with Crippen LogP contribution in [0.5, 0.6) is 0 Å². The minimum absolute atomic E-state index is 0.362. The summed E-state index contributed by atoms with van der Waals surface area (Å²) >= 11 is 4.86. The Labute approximate surface area is 118 Å². The van der Waals surface area contributed by atoms with Crippen molar-refractivity contribution in [3.63, 3.8) is 0 Å². The minimum atomic E-state index is -0.870. The highest BCUT2D eigenvalue weighted by atomic mass is 79.9. The van der Waals surface area contributed by atoms with Gasteiger partial charge in [-0.25, -0.2) is 4.79 Å². The molecule has 3 nitrogen and oxygen atoms in total. The minimum Gasteiger partial charge on any atom is -0.478 e. The van der Waals surface area contributed by atoms with Crippen molar-refractivity contribution in [3.8, 4) is 0 Å². The first kappa shape index (κ1) is 13.3. The standard InChI is InChI=1S/C13H12BrNO2S/c14-11-3-1-9(2-4-11)6-15-7-12-5-10(8-18-12)13(16)17/h1-5,8,15H,6-7H2,(H,16,17). The molecule has 0 aliphatic rings. The number of halogens is 1. The SMILES string of the molecule is O=C(O)c1csc(CNCc2ccc(Br)cc2)c1. The third-order valence-electron chi connectivity index (χ3n) is 2.44. The zero-order chi connectivity index (χ0) is 13.0. The van der Waals surface area contributed by atoms with Crippen molar-refractivity contribution in [1.29, 1.82) is 0 Å². The maximum Gasteiger partial charge on any atom is 0.336 e. The monoisotopic (exact) mass is 325 g/mol. The number of hydrogen-bond donors (Lipinski definition) is 2. The Hall–Kier alpha value is -1.17. The summed E-state index contributed by atoms with van der Waals surface area (Å²) in [6.07, 6.45) is 0. The van der Waals surface area contributed by atoms with Crippen LogP contribution in [0.15, 0.2) is 40.2 Å². The van der Waals surface area contributed by atoms with Gasteiger partial charge in [0.25, 0.3) is 0 Å². The lowest BCUT2D eigenvalue weighted by atomic mass is 10.2. The van der Waals surface area contributed by atoms with E-state index in [1.807, 2.05) is 24.3 Å². The second-order valence-corrected chi connectivity index (χ2v) is 5.75. The topological polar surface area (TPSA) is 49.3 Å². The highest BCUT2D eigenvalue weighted by Gasteiger charge is 2.05. The molecule has 1 aromatic heterocycles. The second kappa shape index (κ2) is 6.13. The molecule has 2 rings (SSSR count). The molecule has 1 heterocycles. The van der Waals surface area contributed by atoms with Gasteiger partial charge in [-0.2, -0.15) is 0 Å². The van der Waals surface area contributed by atoms with E-state index < -0.39 is 5.97 Å². The van der Waals surface area contributed by atoms with E-state index >= 15 is 0 Å². The summed E-state index contributed by atoms with van der Waals surface area (Å²) in [6, 6.07) is 9.82. The maximum absolute atomic E-state index is 10.7. The van der Waals surface area contributed by atoms with Gasteiger partial charge < -0.3 is 10.4 Å². The number of carboxylic acid groups (broad SMARTS) is 1. The van der Waals surface area contributed by atoms with Crippen LogP contribution in [0.2, 0.25) is 0 Å². The molecule has 0 saturated heterocycles. The number of thiophene rings is 1. The van der Waals surface area contributed by atoms with E-state index in [1.165, 1.54) is 16.9 Å². The highest BCUT2D eigenvalue weighted by molar-refractivity contribution is 9.10. The first-order valence-corrected chi connectivity index (χ1v) is 7.08. The maximum atomic E-state index is 10.7. The largest absolute Gasteiger partial charge is 0.478 e. The molecule has 1 aromatic carbocycles. The summed E-state index contributed by atoms with van der Waals surface area (Å²) in [5, 5.41) is 13.8. The van der Waals surface area contributed by atoms with Gasteiger partial charge in [-0.1, -0.05) is 28.1 Å². The van der Waals surface area contributed by atoms with E-state index in [-0.39, 0.29) is 0 Å². The third kappa shape index (κ3) is 3.66. The molecule has 0 amide bonds. The van der Waals surface area contributed by atoms with Crippen LogP contribution < -0.4 is 5.32 Å². The van der Waals surface area contributed by atoms with Crippen LogP contribution in [0.4, 0.5) is 0 Å². The number of nitrogens with one attached hydrogen (secondary N) is 1. The van der Waals surface area contributed by atoms with Gasteiger partial charge in [0.05, 0.1) is 5.56 Å². The molecule has 0 spiro atoms. The molecule has 2 aromatic rings. The number of carbonyl (C=O) groups is 1. The summed E-state index contributed by atoms with van der Waals surface area (Å²) in [6.45, 7) is 1.46. The molecule has 94 valence electrons. The number of carboxylic acids is 1. The van der Waals surface area contributed by atoms with E-state index in [9.17, 15) is 4.79 Å². The molecule has 0 aliphatic heterocycles. The van der Waals surface area contributed by atoms with Crippen LogP contribution in [-0.4, -0.2) is 11.1 Å². The molecule has 0 aliphatic carbocycles. The first-order valence-electron chi connectivity index (χ1n) is 5.41. The lowest BCUT2D eigenvalue weighted by Crippen LogP contribution is -2.11. The Morgan fingerprint density at radius 1 is 1.28 bits per heavy atom. The van der Waals surface area contributed by atoms with Gasteiger partial charge >= 0.3 is 5.97 Å². The Bertz CT molecular complexity index is 536. The molecular weight excluding hydrogens is 314 g/mol. The number of rotatable bonds is 5. The van der Waals surface area contributed by atoms with Crippen LogP contribution in [0.25, 0.3) is 0 Å². The van der Waals surface area contributed by atoms with Gasteiger partial charge in [0.1, 0.15) is 0 Å². The van der Waals surface area contributed by atoms with E-state index in [4.69, 9.17) is 5.11 Å². The number of benzene rings is 1.